The van der Waals surface area contributed by atoms with Gasteiger partial charge in [-0.05, 0) is 6.92 Å². The minimum Gasteiger partial charge on any atom is -0.468 e. The van der Waals surface area contributed by atoms with Crippen LogP contribution >= 0.6 is 23.5 Å². The van der Waals surface area contributed by atoms with E-state index in [0.29, 0.717) is 5.16 Å². The SMILES string of the molecule is COC(=O)[C@H](C)Sc1nc2c(c(=O)n1C)SCC2. The van der Waals surface area contributed by atoms with E-state index in [1.165, 1.54) is 23.4 Å². The van der Waals surface area contributed by atoms with Crippen molar-refractivity contribution >= 4 is 29.5 Å². The van der Waals surface area contributed by atoms with Crippen LogP contribution in [0.3, 0.4) is 0 Å². The van der Waals surface area contributed by atoms with Gasteiger partial charge in [0.1, 0.15) is 5.25 Å². The first-order chi connectivity index (χ1) is 8.54. The minimum absolute atomic E-state index is 0.0259. The Morgan fingerprint density at radius 2 is 2.33 bits per heavy atom. The molecule has 2 rings (SSSR count). The molecule has 1 aromatic heterocycles. The Morgan fingerprint density at radius 3 is 3.00 bits per heavy atom. The van der Waals surface area contributed by atoms with Crippen molar-refractivity contribution in [2.45, 2.75) is 28.6 Å². The van der Waals surface area contributed by atoms with Crippen LogP contribution in [0.1, 0.15) is 12.6 Å². The second-order valence-corrected chi connectivity index (χ2v) is 6.33. The summed E-state index contributed by atoms with van der Waals surface area (Å²) in [5.74, 6) is 0.585. The Hall–Kier alpha value is -0.950. The zero-order chi connectivity index (χ0) is 13.3. The Morgan fingerprint density at radius 1 is 1.61 bits per heavy atom. The fourth-order valence-corrected chi connectivity index (χ4v) is 3.63. The van der Waals surface area contributed by atoms with E-state index in [-0.39, 0.29) is 16.8 Å². The molecule has 0 aromatic carbocycles. The molecule has 0 fully saturated rings. The summed E-state index contributed by atoms with van der Waals surface area (Å²) in [6, 6.07) is 0. The quantitative estimate of drug-likeness (QED) is 0.471. The first kappa shape index (κ1) is 13.5. The lowest BCUT2D eigenvalue weighted by molar-refractivity contribution is -0.139. The van der Waals surface area contributed by atoms with Gasteiger partial charge in [-0.25, -0.2) is 4.98 Å². The number of aromatic nitrogens is 2. The highest BCUT2D eigenvalue weighted by Crippen LogP contribution is 2.29. The van der Waals surface area contributed by atoms with Gasteiger partial charge in [0.2, 0.25) is 0 Å². The third kappa shape index (κ3) is 2.42. The summed E-state index contributed by atoms with van der Waals surface area (Å²) in [4.78, 5) is 28.7. The minimum atomic E-state index is -0.375. The molecule has 0 saturated heterocycles. The number of esters is 1. The van der Waals surface area contributed by atoms with Crippen LogP contribution in [-0.4, -0.2) is 33.6 Å². The fraction of sp³-hybridized carbons (Fsp3) is 0.545. The molecule has 0 aliphatic carbocycles. The number of carbonyl (C=O) groups excluding carboxylic acids is 1. The molecule has 0 bridgehead atoms. The summed E-state index contributed by atoms with van der Waals surface area (Å²) < 4.78 is 6.17. The second-order valence-electron chi connectivity index (χ2n) is 3.92. The molecule has 0 saturated carbocycles. The van der Waals surface area contributed by atoms with Gasteiger partial charge in [-0.3, -0.25) is 14.2 Å². The summed E-state index contributed by atoms with van der Waals surface area (Å²) >= 11 is 2.80. The normalized spacial score (nSPS) is 15.3. The lowest BCUT2D eigenvalue weighted by atomic mass is 10.3. The van der Waals surface area contributed by atoms with Crippen molar-refractivity contribution in [3.8, 4) is 0 Å². The van der Waals surface area contributed by atoms with Crippen LogP contribution in [0.2, 0.25) is 0 Å². The van der Waals surface area contributed by atoms with Crippen LogP contribution in [0.25, 0.3) is 0 Å². The highest BCUT2D eigenvalue weighted by atomic mass is 32.2. The number of fused-ring (bicyclic) bond motifs is 1. The fourth-order valence-electron chi connectivity index (χ4n) is 1.65. The van der Waals surface area contributed by atoms with Crippen molar-refractivity contribution in [3.05, 3.63) is 16.0 Å². The zero-order valence-corrected chi connectivity index (χ0v) is 12.1. The van der Waals surface area contributed by atoms with Gasteiger partial charge in [0, 0.05) is 19.2 Å². The second kappa shape index (κ2) is 5.36. The molecule has 0 unspecified atom stereocenters. The molecule has 7 heteroatoms. The van der Waals surface area contributed by atoms with Crippen molar-refractivity contribution in [2.24, 2.45) is 7.05 Å². The highest BCUT2D eigenvalue weighted by Gasteiger charge is 2.23. The smallest absolute Gasteiger partial charge is 0.318 e. The van der Waals surface area contributed by atoms with Crippen LogP contribution in [0.15, 0.2) is 14.8 Å². The van der Waals surface area contributed by atoms with Gasteiger partial charge < -0.3 is 4.74 Å². The summed E-state index contributed by atoms with van der Waals surface area (Å²) in [6.07, 6.45) is 0.816. The third-order valence-corrected chi connectivity index (χ3v) is 4.91. The van der Waals surface area contributed by atoms with Crippen LogP contribution in [0.5, 0.6) is 0 Å². The van der Waals surface area contributed by atoms with E-state index in [1.54, 1.807) is 25.7 Å². The number of hydrogen-bond acceptors (Lipinski definition) is 6. The molecule has 0 N–H and O–H groups in total. The maximum absolute atomic E-state index is 12.1. The van der Waals surface area contributed by atoms with Gasteiger partial charge in [0.25, 0.3) is 5.56 Å². The highest BCUT2D eigenvalue weighted by molar-refractivity contribution is 8.00. The Bertz CT molecular complexity index is 542. The van der Waals surface area contributed by atoms with Crippen molar-refractivity contribution < 1.29 is 9.53 Å². The van der Waals surface area contributed by atoms with Crippen molar-refractivity contribution in [1.82, 2.24) is 9.55 Å². The Labute approximate surface area is 113 Å². The third-order valence-electron chi connectivity index (χ3n) is 2.68. The maximum atomic E-state index is 12.1. The number of carbonyl (C=O) groups is 1. The van der Waals surface area contributed by atoms with Crippen LogP contribution in [0, 0.1) is 0 Å². The molecular formula is C11H14N2O3S2. The van der Waals surface area contributed by atoms with Gasteiger partial charge in [-0.2, -0.15) is 0 Å². The van der Waals surface area contributed by atoms with Gasteiger partial charge >= 0.3 is 5.97 Å². The molecule has 1 aliphatic rings. The van der Waals surface area contributed by atoms with E-state index < -0.39 is 0 Å². The number of hydrogen-bond donors (Lipinski definition) is 0. The zero-order valence-electron chi connectivity index (χ0n) is 10.4. The molecule has 0 amide bonds. The van der Waals surface area contributed by atoms with E-state index in [9.17, 15) is 9.59 Å². The van der Waals surface area contributed by atoms with E-state index in [4.69, 9.17) is 0 Å². The number of rotatable bonds is 3. The predicted molar refractivity (Wildman–Crippen MR) is 71.2 cm³/mol. The number of nitrogens with zero attached hydrogens (tertiary/aromatic N) is 2. The van der Waals surface area contributed by atoms with Crippen LogP contribution in [-0.2, 0) is 23.0 Å². The first-order valence-corrected chi connectivity index (χ1v) is 7.38. The van der Waals surface area contributed by atoms with Crippen LogP contribution < -0.4 is 5.56 Å². The average Bonchev–Trinajstić information content (AvgIpc) is 2.82. The Balaban J connectivity index is 2.32. The van der Waals surface area contributed by atoms with E-state index >= 15 is 0 Å². The van der Waals surface area contributed by atoms with Gasteiger partial charge in [-0.1, -0.05) is 11.8 Å². The van der Waals surface area contributed by atoms with Crippen molar-refractivity contribution in [2.75, 3.05) is 12.9 Å². The molecule has 1 aliphatic heterocycles. The predicted octanol–water partition coefficient (Wildman–Crippen LogP) is 1.08. The lowest BCUT2D eigenvalue weighted by Crippen LogP contribution is -2.24. The summed E-state index contributed by atoms with van der Waals surface area (Å²) in [5, 5.41) is 0.194. The molecular weight excluding hydrogens is 272 g/mol. The molecule has 2 heterocycles. The van der Waals surface area contributed by atoms with Crippen molar-refractivity contribution in [3.63, 3.8) is 0 Å². The van der Waals surface area contributed by atoms with Crippen molar-refractivity contribution in [1.29, 1.82) is 0 Å². The average molecular weight is 286 g/mol. The first-order valence-electron chi connectivity index (χ1n) is 5.51. The number of methoxy groups -OCH3 is 1. The number of ether oxygens (including phenoxy) is 1. The number of thioether (sulfide) groups is 2. The summed E-state index contributed by atoms with van der Waals surface area (Å²) in [7, 11) is 3.03. The summed E-state index contributed by atoms with van der Waals surface area (Å²) in [6.45, 7) is 1.74. The van der Waals surface area contributed by atoms with Gasteiger partial charge in [-0.15, -0.1) is 11.8 Å². The van der Waals surface area contributed by atoms with E-state index in [1.807, 2.05) is 0 Å². The van der Waals surface area contributed by atoms with E-state index in [2.05, 4.69) is 9.72 Å². The van der Waals surface area contributed by atoms with Gasteiger partial charge in [0.15, 0.2) is 5.16 Å². The Kier molecular flexibility index (Phi) is 4.01. The molecule has 1 atom stereocenters. The molecule has 0 spiro atoms. The molecule has 1 aromatic rings. The number of aryl methyl sites for hydroxylation is 1. The largest absolute Gasteiger partial charge is 0.468 e. The monoisotopic (exact) mass is 286 g/mol. The molecule has 5 nitrogen and oxygen atoms in total. The standard InChI is InChI=1S/C11H14N2O3S2/c1-6(10(15)16-3)18-11-12-7-4-5-17-8(7)9(14)13(11)2/h6H,4-5H2,1-3H3/t6-/m0/s1. The molecule has 98 valence electrons. The molecule has 18 heavy (non-hydrogen) atoms. The van der Waals surface area contributed by atoms with E-state index in [0.717, 1.165) is 22.8 Å². The maximum Gasteiger partial charge on any atom is 0.318 e. The molecule has 0 radical (unpaired) electrons. The topological polar surface area (TPSA) is 61.2 Å². The van der Waals surface area contributed by atoms with Crippen LogP contribution in [0.4, 0.5) is 0 Å². The lowest BCUT2D eigenvalue weighted by Gasteiger charge is -2.12. The summed E-state index contributed by atoms with van der Waals surface area (Å²) in [5.41, 5.74) is 0.824. The van der Waals surface area contributed by atoms with Gasteiger partial charge in [0.05, 0.1) is 17.7 Å².